The van der Waals surface area contributed by atoms with E-state index in [4.69, 9.17) is 9.47 Å². The number of sulfonamides is 1. The van der Waals surface area contributed by atoms with Crippen LogP contribution in [0, 0.1) is 0 Å². The third-order valence-electron chi connectivity index (χ3n) is 3.44. The molecular formula is C16H27NO5S. The van der Waals surface area contributed by atoms with Crippen LogP contribution in [0.2, 0.25) is 0 Å². The molecule has 0 heterocycles. The number of benzene rings is 1. The Balaban J connectivity index is 2.82. The van der Waals surface area contributed by atoms with Crippen LogP contribution in [0.3, 0.4) is 0 Å². The monoisotopic (exact) mass is 345 g/mol. The minimum Gasteiger partial charge on any atom is -0.497 e. The maximum absolute atomic E-state index is 12.6. The second-order valence-electron chi connectivity index (χ2n) is 6.24. The van der Waals surface area contributed by atoms with Gasteiger partial charge in [-0.3, -0.25) is 0 Å². The summed E-state index contributed by atoms with van der Waals surface area (Å²) in [7, 11) is -0.817. The van der Waals surface area contributed by atoms with E-state index in [0.29, 0.717) is 18.6 Å². The van der Waals surface area contributed by atoms with E-state index >= 15 is 0 Å². The molecule has 0 aromatic heterocycles. The van der Waals surface area contributed by atoms with E-state index in [1.807, 2.05) is 0 Å². The molecule has 1 aromatic rings. The van der Waals surface area contributed by atoms with Crippen molar-refractivity contribution in [2.24, 2.45) is 0 Å². The Morgan fingerprint density at radius 2 is 1.91 bits per heavy atom. The lowest BCUT2D eigenvalue weighted by atomic mass is 10.00. The molecule has 132 valence electrons. The first-order valence-corrected chi connectivity index (χ1v) is 9.04. The molecule has 0 amide bonds. The molecule has 0 aliphatic heterocycles. The molecule has 0 bridgehead atoms. The first-order valence-electron chi connectivity index (χ1n) is 7.56. The van der Waals surface area contributed by atoms with E-state index in [1.54, 1.807) is 32.9 Å². The molecule has 1 aromatic carbocycles. The molecular weight excluding hydrogens is 318 g/mol. The Labute approximate surface area is 138 Å². The zero-order chi connectivity index (χ0) is 17.7. The van der Waals surface area contributed by atoms with Crippen LogP contribution < -0.4 is 14.2 Å². The van der Waals surface area contributed by atoms with Gasteiger partial charge in [0, 0.05) is 12.1 Å². The van der Waals surface area contributed by atoms with Gasteiger partial charge < -0.3 is 14.6 Å². The van der Waals surface area contributed by atoms with Gasteiger partial charge in [0.1, 0.15) is 16.4 Å². The van der Waals surface area contributed by atoms with E-state index in [-0.39, 0.29) is 16.7 Å². The molecule has 1 rings (SSSR count). The van der Waals surface area contributed by atoms with Crippen LogP contribution in [0.4, 0.5) is 0 Å². The molecule has 0 spiro atoms. The fourth-order valence-corrected chi connectivity index (χ4v) is 3.68. The van der Waals surface area contributed by atoms with Gasteiger partial charge in [0.2, 0.25) is 10.0 Å². The van der Waals surface area contributed by atoms with Gasteiger partial charge in [-0.2, -0.15) is 0 Å². The van der Waals surface area contributed by atoms with Crippen LogP contribution in [0.15, 0.2) is 23.1 Å². The van der Waals surface area contributed by atoms with Gasteiger partial charge in [0.05, 0.1) is 19.8 Å². The normalized spacial score (nSPS) is 13.7. The molecule has 6 nitrogen and oxygen atoms in total. The Hall–Kier alpha value is -1.31. The zero-order valence-corrected chi connectivity index (χ0v) is 15.2. The Kier molecular flexibility index (Phi) is 6.85. The molecule has 0 aliphatic rings. The van der Waals surface area contributed by atoms with Crippen molar-refractivity contribution >= 4 is 10.0 Å². The summed E-state index contributed by atoms with van der Waals surface area (Å²) in [5, 5.41) is 9.70. The summed E-state index contributed by atoms with van der Waals surface area (Å²) < 4.78 is 38.0. The molecule has 23 heavy (non-hydrogen) atoms. The van der Waals surface area contributed by atoms with E-state index in [2.05, 4.69) is 4.72 Å². The minimum atomic E-state index is -3.72. The number of nitrogens with one attached hydrogen (secondary N) is 1. The zero-order valence-electron chi connectivity index (χ0n) is 14.4. The van der Waals surface area contributed by atoms with Gasteiger partial charge >= 0.3 is 0 Å². The molecule has 2 N–H and O–H groups in total. The Morgan fingerprint density at radius 3 is 2.43 bits per heavy atom. The third-order valence-corrected chi connectivity index (χ3v) is 5.05. The predicted molar refractivity (Wildman–Crippen MR) is 89.5 cm³/mol. The summed E-state index contributed by atoms with van der Waals surface area (Å²) in [5.41, 5.74) is -0.741. The van der Waals surface area contributed by atoms with Gasteiger partial charge in [0.15, 0.2) is 0 Å². The van der Waals surface area contributed by atoms with Gasteiger partial charge in [0.25, 0.3) is 0 Å². The minimum absolute atomic E-state index is 0.0497. The summed E-state index contributed by atoms with van der Waals surface area (Å²) in [5.74, 6) is 0.711. The van der Waals surface area contributed by atoms with Crippen molar-refractivity contribution in [3.8, 4) is 11.5 Å². The third kappa shape index (κ3) is 6.37. The number of methoxy groups -OCH3 is 2. The topological polar surface area (TPSA) is 84.9 Å². The number of hydrogen-bond donors (Lipinski definition) is 2. The molecule has 1 atom stereocenters. The van der Waals surface area contributed by atoms with E-state index in [0.717, 1.165) is 6.42 Å². The molecule has 0 radical (unpaired) electrons. The summed E-state index contributed by atoms with van der Waals surface area (Å²) in [6, 6.07) is 4.39. The van der Waals surface area contributed by atoms with Crippen LogP contribution in [-0.2, 0) is 10.0 Å². The van der Waals surface area contributed by atoms with Gasteiger partial charge in [-0.25, -0.2) is 13.1 Å². The highest BCUT2D eigenvalue weighted by atomic mass is 32.2. The standard InChI is InChI=1S/C16H27NO5S/c1-12(7-6-10-16(2,3)18)17-23(19,20)15-11-13(21-4)8-9-14(15)22-5/h8-9,11-12,17-18H,6-7,10H2,1-5H3. The van der Waals surface area contributed by atoms with Crippen molar-refractivity contribution in [3.05, 3.63) is 18.2 Å². The Bertz CT molecular complexity index is 607. The fourth-order valence-electron chi connectivity index (χ4n) is 2.22. The summed E-state index contributed by atoms with van der Waals surface area (Å²) in [4.78, 5) is 0.0497. The van der Waals surface area contributed by atoms with Gasteiger partial charge in [-0.15, -0.1) is 0 Å². The largest absolute Gasteiger partial charge is 0.497 e. The van der Waals surface area contributed by atoms with E-state index in [9.17, 15) is 13.5 Å². The summed E-state index contributed by atoms with van der Waals surface area (Å²) in [6.45, 7) is 5.28. The smallest absolute Gasteiger partial charge is 0.244 e. The van der Waals surface area contributed by atoms with Crippen LogP contribution in [-0.4, -0.2) is 39.4 Å². The molecule has 1 unspecified atom stereocenters. The molecule has 0 fully saturated rings. The van der Waals surface area contributed by atoms with Gasteiger partial charge in [-0.1, -0.05) is 0 Å². The molecule has 7 heteroatoms. The highest BCUT2D eigenvalue weighted by Gasteiger charge is 2.23. The van der Waals surface area contributed by atoms with E-state index in [1.165, 1.54) is 20.3 Å². The quantitative estimate of drug-likeness (QED) is 0.717. The average molecular weight is 345 g/mol. The number of ether oxygens (including phenoxy) is 2. The van der Waals surface area contributed by atoms with Crippen LogP contribution in [0.1, 0.15) is 40.0 Å². The average Bonchev–Trinajstić information content (AvgIpc) is 2.44. The van der Waals surface area contributed by atoms with Crippen molar-refractivity contribution < 1.29 is 23.0 Å². The highest BCUT2D eigenvalue weighted by molar-refractivity contribution is 7.89. The summed E-state index contributed by atoms with van der Waals surface area (Å²) in [6.07, 6.45) is 1.97. The van der Waals surface area contributed by atoms with Crippen molar-refractivity contribution in [2.45, 2.75) is 56.6 Å². The maximum atomic E-state index is 12.6. The van der Waals surface area contributed by atoms with Crippen LogP contribution in [0.25, 0.3) is 0 Å². The lowest BCUT2D eigenvalue weighted by Gasteiger charge is -2.19. The molecule has 0 aliphatic carbocycles. The predicted octanol–water partition coefficient (Wildman–Crippen LogP) is 2.31. The lowest BCUT2D eigenvalue weighted by molar-refractivity contribution is 0.0677. The summed E-state index contributed by atoms with van der Waals surface area (Å²) >= 11 is 0. The molecule has 0 saturated carbocycles. The van der Waals surface area contributed by atoms with E-state index < -0.39 is 15.6 Å². The second kappa shape index (κ2) is 7.99. The highest BCUT2D eigenvalue weighted by Crippen LogP contribution is 2.28. The van der Waals surface area contributed by atoms with Crippen molar-refractivity contribution in [3.63, 3.8) is 0 Å². The Morgan fingerprint density at radius 1 is 1.26 bits per heavy atom. The van der Waals surface area contributed by atoms with Crippen molar-refractivity contribution in [1.82, 2.24) is 4.72 Å². The maximum Gasteiger partial charge on any atom is 0.244 e. The first kappa shape index (κ1) is 19.7. The number of rotatable bonds is 9. The van der Waals surface area contributed by atoms with Crippen LogP contribution >= 0.6 is 0 Å². The molecule has 0 saturated heterocycles. The van der Waals surface area contributed by atoms with Gasteiger partial charge in [-0.05, 0) is 52.2 Å². The SMILES string of the molecule is COc1ccc(OC)c(S(=O)(=O)NC(C)CCCC(C)(C)O)c1. The fraction of sp³-hybridized carbons (Fsp3) is 0.625. The lowest BCUT2D eigenvalue weighted by Crippen LogP contribution is -2.33. The first-order chi connectivity index (χ1) is 10.6. The van der Waals surface area contributed by atoms with Crippen molar-refractivity contribution in [2.75, 3.05) is 14.2 Å². The van der Waals surface area contributed by atoms with Crippen LogP contribution in [0.5, 0.6) is 11.5 Å². The second-order valence-corrected chi connectivity index (χ2v) is 7.93. The van der Waals surface area contributed by atoms with Crippen molar-refractivity contribution in [1.29, 1.82) is 0 Å². The number of hydrogen-bond acceptors (Lipinski definition) is 5. The number of aliphatic hydroxyl groups is 1.